The van der Waals surface area contributed by atoms with E-state index < -0.39 is 18.4 Å². The van der Waals surface area contributed by atoms with Crippen LogP contribution in [0.5, 0.6) is 5.75 Å². The minimum absolute atomic E-state index is 0.393. The molecule has 0 saturated carbocycles. The predicted octanol–water partition coefficient (Wildman–Crippen LogP) is 4.47. The van der Waals surface area contributed by atoms with E-state index >= 15 is 0 Å². The van der Waals surface area contributed by atoms with Crippen molar-refractivity contribution in [1.82, 2.24) is 19.1 Å². The lowest BCUT2D eigenvalue weighted by atomic mass is 10.1. The van der Waals surface area contributed by atoms with Crippen LogP contribution in [0.4, 0.5) is 0 Å². The SMILES string of the molecule is COc1cc(-c2sc3[nH]c(=O)n(-c4ccc(P(C)(C)=O)cc4)c(=O)c3c2C)ccc1-n1cnc(C)c1. The minimum Gasteiger partial charge on any atom is -0.495 e. The first kappa shape index (κ1) is 24.0. The van der Waals surface area contributed by atoms with Gasteiger partial charge in [0.1, 0.15) is 17.7 Å². The molecular formula is C26H25N4O4PS. The summed E-state index contributed by atoms with van der Waals surface area (Å²) in [5.74, 6) is 0.664. The summed E-state index contributed by atoms with van der Waals surface area (Å²) < 4.78 is 21.0. The van der Waals surface area contributed by atoms with Gasteiger partial charge in [-0.3, -0.25) is 9.78 Å². The molecule has 0 radical (unpaired) electrons. The van der Waals surface area contributed by atoms with E-state index in [9.17, 15) is 14.2 Å². The number of aromatic nitrogens is 4. The second-order valence-electron chi connectivity index (χ2n) is 9.01. The first-order valence-corrected chi connectivity index (χ1v) is 14.6. The van der Waals surface area contributed by atoms with E-state index in [0.29, 0.717) is 27.0 Å². The molecule has 0 saturated heterocycles. The molecule has 0 spiro atoms. The number of hydrogen-bond donors (Lipinski definition) is 1. The Morgan fingerprint density at radius 1 is 1.06 bits per heavy atom. The van der Waals surface area contributed by atoms with E-state index in [2.05, 4.69) is 9.97 Å². The Morgan fingerprint density at radius 2 is 1.78 bits per heavy atom. The van der Waals surface area contributed by atoms with Crippen molar-refractivity contribution < 1.29 is 9.30 Å². The molecule has 0 bridgehead atoms. The van der Waals surface area contributed by atoms with Gasteiger partial charge in [-0.2, -0.15) is 0 Å². The fraction of sp³-hybridized carbons (Fsp3) is 0.192. The Kier molecular flexibility index (Phi) is 5.85. The number of methoxy groups -OCH3 is 1. The first-order valence-electron chi connectivity index (χ1n) is 11.2. The molecule has 0 atom stereocenters. The topological polar surface area (TPSA) is 99.0 Å². The van der Waals surface area contributed by atoms with Crippen LogP contribution in [0, 0.1) is 13.8 Å². The summed E-state index contributed by atoms with van der Waals surface area (Å²) in [6, 6.07) is 12.5. The van der Waals surface area contributed by atoms with E-state index in [1.807, 2.05) is 42.8 Å². The van der Waals surface area contributed by atoms with Crippen LogP contribution in [-0.2, 0) is 4.57 Å². The van der Waals surface area contributed by atoms with Gasteiger partial charge in [-0.15, -0.1) is 11.3 Å². The Labute approximate surface area is 211 Å². The Morgan fingerprint density at radius 3 is 2.39 bits per heavy atom. The van der Waals surface area contributed by atoms with Crippen LogP contribution in [-0.4, -0.2) is 39.5 Å². The summed E-state index contributed by atoms with van der Waals surface area (Å²) in [4.78, 5) is 35.0. The zero-order valence-corrected chi connectivity index (χ0v) is 22.2. The molecule has 0 aliphatic heterocycles. The number of rotatable bonds is 5. The summed E-state index contributed by atoms with van der Waals surface area (Å²) >= 11 is 1.36. The van der Waals surface area contributed by atoms with Gasteiger partial charge in [0.05, 0.1) is 35.9 Å². The highest BCUT2D eigenvalue weighted by atomic mass is 32.1. The highest BCUT2D eigenvalue weighted by Crippen LogP contribution is 2.38. The van der Waals surface area contributed by atoms with Crippen LogP contribution in [0.3, 0.4) is 0 Å². The number of aromatic amines is 1. The summed E-state index contributed by atoms with van der Waals surface area (Å²) in [5, 5.41) is 1.15. The number of aryl methyl sites for hydroxylation is 2. The van der Waals surface area contributed by atoms with E-state index in [1.54, 1.807) is 51.0 Å². The van der Waals surface area contributed by atoms with Gasteiger partial charge in [0.15, 0.2) is 0 Å². The van der Waals surface area contributed by atoms with Gasteiger partial charge in [-0.1, -0.05) is 6.07 Å². The molecule has 2 aromatic carbocycles. The zero-order chi connectivity index (χ0) is 25.8. The van der Waals surface area contributed by atoms with Gasteiger partial charge < -0.3 is 13.9 Å². The van der Waals surface area contributed by atoms with Gasteiger partial charge in [-0.05, 0) is 74.7 Å². The van der Waals surface area contributed by atoms with Gasteiger partial charge >= 0.3 is 5.69 Å². The molecule has 5 rings (SSSR count). The molecule has 3 heterocycles. The van der Waals surface area contributed by atoms with Crippen molar-refractivity contribution in [2.45, 2.75) is 13.8 Å². The molecule has 36 heavy (non-hydrogen) atoms. The van der Waals surface area contributed by atoms with Crippen molar-refractivity contribution >= 4 is 34.0 Å². The van der Waals surface area contributed by atoms with Crippen LogP contribution >= 0.6 is 18.5 Å². The number of nitrogens with one attached hydrogen (secondary N) is 1. The lowest BCUT2D eigenvalue weighted by molar-refractivity contribution is 0.413. The molecule has 5 aromatic rings. The van der Waals surface area contributed by atoms with Crippen molar-refractivity contribution in [3.05, 3.63) is 87.1 Å². The third-order valence-corrected chi connectivity index (χ3v) is 8.95. The fourth-order valence-corrected chi connectivity index (χ4v) is 6.32. The summed E-state index contributed by atoms with van der Waals surface area (Å²) in [6.07, 6.45) is 3.65. The average molecular weight is 521 g/mol. The number of thiophene rings is 1. The Balaban J connectivity index is 1.64. The molecule has 0 aliphatic rings. The van der Waals surface area contributed by atoms with Gasteiger partial charge in [0.25, 0.3) is 5.56 Å². The van der Waals surface area contributed by atoms with Crippen LogP contribution in [0.15, 0.2) is 64.6 Å². The van der Waals surface area contributed by atoms with Crippen LogP contribution in [0.1, 0.15) is 11.3 Å². The molecular weight excluding hydrogens is 495 g/mol. The predicted molar refractivity (Wildman–Crippen MR) is 146 cm³/mol. The molecule has 3 aromatic heterocycles. The molecule has 0 amide bonds. The van der Waals surface area contributed by atoms with Gasteiger partial charge in [0, 0.05) is 16.4 Å². The number of hydrogen-bond acceptors (Lipinski definition) is 6. The lowest BCUT2D eigenvalue weighted by Gasteiger charge is -2.11. The average Bonchev–Trinajstić information content (AvgIpc) is 3.41. The van der Waals surface area contributed by atoms with Crippen molar-refractivity contribution in [2.24, 2.45) is 0 Å². The number of benzene rings is 2. The fourth-order valence-electron chi connectivity index (χ4n) is 4.27. The van der Waals surface area contributed by atoms with E-state index in [-0.39, 0.29) is 0 Å². The molecule has 0 unspecified atom stereocenters. The highest BCUT2D eigenvalue weighted by Gasteiger charge is 2.20. The van der Waals surface area contributed by atoms with Crippen molar-refractivity contribution in [3.63, 3.8) is 0 Å². The summed E-state index contributed by atoms with van der Waals surface area (Å²) in [7, 11) is -0.834. The van der Waals surface area contributed by atoms with Crippen molar-refractivity contribution in [3.8, 4) is 27.6 Å². The summed E-state index contributed by atoms with van der Waals surface area (Å²) in [5.41, 5.74) is 2.92. The van der Waals surface area contributed by atoms with Crippen molar-refractivity contribution in [2.75, 3.05) is 20.4 Å². The van der Waals surface area contributed by atoms with Gasteiger partial charge in [0.2, 0.25) is 0 Å². The van der Waals surface area contributed by atoms with E-state index in [4.69, 9.17) is 4.74 Å². The Bertz CT molecular complexity index is 1790. The molecule has 184 valence electrons. The highest BCUT2D eigenvalue weighted by molar-refractivity contribution is 7.70. The third-order valence-electron chi connectivity index (χ3n) is 6.15. The standard InChI is InChI=1S/C26H25N4O4PS/c1-15-13-29(14-27-15)20-11-6-17(12-21(20)34-3)23-16(2)22-24(36-23)28-26(32)30(25(22)31)18-7-9-19(10-8-18)35(4,5)33/h6-14H,1-5H3,(H,28,32). The number of ether oxygens (including phenoxy) is 1. The smallest absolute Gasteiger partial charge is 0.334 e. The minimum atomic E-state index is -2.45. The Hall–Kier alpha value is -3.68. The maximum atomic E-state index is 13.5. The largest absolute Gasteiger partial charge is 0.495 e. The molecule has 0 aliphatic carbocycles. The van der Waals surface area contributed by atoms with Crippen LogP contribution < -0.4 is 21.3 Å². The van der Waals surface area contributed by atoms with E-state index in [0.717, 1.165) is 32.0 Å². The monoisotopic (exact) mass is 520 g/mol. The van der Waals surface area contributed by atoms with Crippen LogP contribution in [0.2, 0.25) is 0 Å². The zero-order valence-electron chi connectivity index (χ0n) is 20.5. The van der Waals surface area contributed by atoms with Gasteiger partial charge in [-0.25, -0.2) is 14.3 Å². The molecule has 0 fully saturated rings. The van der Waals surface area contributed by atoms with Crippen LogP contribution in [0.25, 0.3) is 32.0 Å². The van der Waals surface area contributed by atoms with E-state index in [1.165, 1.54) is 11.3 Å². The second-order valence-corrected chi connectivity index (χ2v) is 13.2. The second kappa shape index (κ2) is 8.76. The number of nitrogens with zero attached hydrogens (tertiary/aromatic N) is 3. The summed E-state index contributed by atoms with van der Waals surface area (Å²) in [6.45, 7) is 7.17. The molecule has 10 heteroatoms. The lowest BCUT2D eigenvalue weighted by Crippen LogP contribution is -2.33. The molecule has 1 N–H and O–H groups in total. The number of fused-ring (bicyclic) bond motifs is 1. The number of imidazole rings is 1. The third kappa shape index (κ3) is 4.04. The molecule has 8 nitrogen and oxygen atoms in total. The quantitative estimate of drug-likeness (QED) is 0.345. The first-order chi connectivity index (χ1) is 17.1. The number of H-pyrrole nitrogens is 1. The van der Waals surface area contributed by atoms with Crippen molar-refractivity contribution in [1.29, 1.82) is 0 Å². The maximum Gasteiger partial charge on any atom is 0.334 e. The maximum absolute atomic E-state index is 13.5. The normalized spacial score (nSPS) is 11.8.